The van der Waals surface area contributed by atoms with Crippen LogP contribution in [0, 0.1) is 17.7 Å². The lowest BCUT2D eigenvalue weighted by molar-refractivity contribution is -0.125. The molecule has 4 rings (SSSR count). The van der Waals surface area contributed by atoms with Crippen LogP contribution in [0.5, 0.6) is 5.75 Å². The van der Waals surface area contributed by atoms with E-state index in [9.17, 15) is 9.18 Å². The van der Waals surface area contributed by atoms with Gasteiger partial charge in [0.1, 0.15) is 0 Å². The van der Waals surface area contributed by atoms with Crippen molar-refractivity contribution in [1.29, 1.82) is 0 Å². The molecule has 1 aromatic carbocycles. The number of hydrogen-bond acceptors (Lipinski definition) is 7. The highest BCUT2D eigenvalue weighted by Gasteiger charge is 2.25. The summed E-state index contributed by atoms with van der Waals surface area (Å²) in [4.78, 5) is 18.6. The Labute approximate surface area is 205 Å². The van der Waals surface area contributed by atoms with E-state index in [0.717, 1.165) is 42.9 Å². The summed E-state index contributed by atoms with van der Waals surface area (Å²) >= 11 is 0. The van der Waals surface area contributed by atoms with E-state index in [2.05, 4.69) is 20.4 Å². The number of allylic oxidation sites excluding steroid dienone is 2. The van der Waals surface area contributed by atoms with E-state index in [0.29, 0.717) is 37.8 Å². The summed E-state index contributed by atoms with van der Waals surface area (Å²) in [7, 11) is 0. The van der Waals surface area contributed by atoms with Crippen LogP contribution in [-0.2, 0) is 4.79 Å². The zero-order valence-corrected chi connectivity index (χ0v) is 20.5. The molecule has 2 heterocycles. The van der Waals surface area contributed by atoms with Crippen molar-refractivity contribution in [3.05, 3.63) is 41.5 Å². The Bertz CT molecular complexity index is 1030. The monoisotopic (exact) mass is 486 g/mol. The Balaban J connectivity index is 1.25. The van der Waals surface area contributed by atoms with Gasteiger partial charge in [-0.15, -0.1) is 0 Å². The van der Waals surface area contributed by atoms with Crippen molar-refractivity contribution < 1.29 is 23.6 Å². The molecule has 0 radical (unpaired) electrons. The number of aromatic nitrogens is 2. The maximum absolute atomic E-state index is 14.8. The highest BCUT2D eigenvalue weighted by atomic mass is 19.1. The van der Waals surface area contributed by atoms with Gasteiger partial charge in [0.15, 0.2) is 17.4 Å². The van der Waals surface area contributed by atoms with E-state index in [-0.39, 0.29) is 42.5 Å². The Morgan fingerprint density at radius 2 is 2.11 bits per heavy atom. The van der Waals surface area contributed by atoms with Crippen molar-refractivity contribution in [3.8, 4) is 5.75 Å². The van der Waals surface area contributed by atoms with Crippen molar-refractivity contribution >= 4 is 17.5 Å². The van der Waals surface area contributed by atoms with Crippen molar-refractivity contribution in [2.75, 3.05) is 37.7 Å². The number of nitrogens with zero attached hydrogens (tertiary/aromatic N) is 3. The van der Waals surface area contributed by atoms with Gasteiger partial charge in [0, 0.05) is 31.5 Å². The number of carbonyl (C=O) groups is 1. The van der Waals surface area contributed by atoms with E-state index >= 15 is 0 Å². The highest BCUT2D eigenvalue weighted by molar-refractivity contribution is 5.80. The minimum atomic E-state index is -0.365. The Kier molecular flexibility index (Phi) is 8.38. The molecule has 0 bridgehead atoms. The van der Waals surface area contributed by atoms with Crippen LogP contribution in [0.25, 0.3) is 5.57 Å². The average molecular weight is 487 g/mol. The van der Waals surface area contributed by atoms with Crippen LogP contribution < -0.4 is 15.0 Å². The second kappa shape index (κ2) is 11.7. The number of hydrogen-bond donors (Lipinski definition) is 2. The van der Waals surface area contributed by atoms with Crippen LogP contribution in [0.1, 0.15) is 63.3 Å². The van der Waals surface area contributed by atoms with Crippen LogP contribution >= 0.6 is 0 Å². The van der Waals surface area contributed by atoms with E-state index in [1.54, 1.807) is 6.07 Å². The quantitative estimate of drug-likeness (QED) is 0.554. The van der Waals surface area contributed by atoms with Gasteiger partial charge in [-0.05, 0) is 61.3 Å². The minimum absolute atomic E-state index is 0.0347. The van der Waals surface area contributed by atoms with Gasteiger partial charge in [0.2, 0.25) is 5.91 Å². The van der Waals surface area contributed by atoms with E-state index in [1.807, 2.05) is 26.0 Å². The number of carbonyl (C=O) groups excluding carboxylic acids is 1. The first-order chi connectivity index (χ1) is 16.9. The van der Waals surface area contributed by atoms with Crippen molar-refractivity contribution in [2.45, 2.75) is 51.9 Å². The standard InChI is InChI=1S/C26H35FN4O4/c1-17(2)24-29-26(35-30-24)31-12-9-18(10-13-31)16-34-23-8-7-21(15-22(23)27)19-3-5-20(6-4-19)25(33)28-11-14-32/h3,7-8,15,17-18,20,32H,4-6,9-14,16H2,1-2H3,(H,28,33). The molecule has 1 amide bonds. The largest absolute Gasteiger partial charge is 0.490 e. The Morgan fingerprint density at radius 3 is 2.74 bits per heavy atom. The highest BCUT2D eigenvalue weighted by Crippen LogP contribution is 2.32. The molecule has 2 N–H and O–H groups in total. The van der Waals surface area contributed by atoms with Crippen LogP contribution in [0.3, 0.4) is 0 Å². The fourth-order valence-corrected chi connectivity index (χ4v) is 4.56. The fraction of sp³-hybridized carbons (Fsp3) is 0.577. The lowest BCUT2D eigenvalue weighted by Gasteiger charge is -2.30. The summed E-state index contributed by atoms with van der Waals surface area (Å²) in [5.41, 5.74) is 1.88. The van der Waals surface area contributed by atoms with Gasteiger partial charge in [0.25, 0.3) is 0 Å². The minimum Gasteiger partial charge on any atom is -0.490 e. The maximum atomic E-state index is 14.8. The number of rotatable bonds is 9. The summed E-state index contributed by atoms with van der Waals surface area (Å²) in [6, 6.07) is 5.69. The lowest BCUT2D eigenvalue weighted by Crippen LogP contribution is -2.35. The number of aliphatic hydroxyl groups excluding tert-OH is 1. The van der Waals surface area contributed by atoms with Crippen LogP contribution in [0.15, 0.2) is 28.8 Å². The number of ether oxygens (including phenoxy) is 1. The van der Waals surface area contributed by atoms with Gasteiger partial charge < -0.3 is 24.6 Å². The lowest BCUT2D eigenvalue weighted by atomic mass is 9.86. The van der Waals surface area contributed by atoms with Gasteiger partial charge >= 0.3 is 6.01 Å². The predicted octanol–water partition coefficient (Wildman–Crippen LogP) is 3.92. The Morgan fingerprint density at radius 1 is 1.31 bits per heavy atom. The fourth-order valence-electron chi connectivity index (χ4n) is 4.56. The molecule has 190 valence electrons. The third-order valence-corrected chi connectivity index (χ3v) is 6.80. The van der Waals surface area contributed by atoms with E-state index in [4.69, 9.17) is 14.4 Å². The van der Waals surface area contributed by atoms with Gasteiger partial charge in [-0.3, -0.25) is 4.79 Å². The number of anilines is 1. The molecule has 1 unspecified atom stereocenters. The summed E-state index contributed by atoms with van der Waals surface area (Å²) in [5.74, 6) is 1.07. The molecule has 1 saturated heterocycles. The molecule has 35 heavy (non-hydrogen) atoms. The number of amides is 1. The van der Waals surface area contributed by atoms with Gasteiger partial charge in [-0.2, -0.15) is 4.98 Å². The van der Waals surface area contributed by atoms with E-state index < -0.39 is 0 Å². The van der Waals surface area contributed by atoms with Gasteiger partial charge in [-0.1, -0.05) is 31.1 Å². The molecule has 9 heteroatoms. The first kappa shape index (κ1) is 25.2. The number of aliphatic hydroxyl groups is 1. The summed E-state index contributed by atoms with van der Waals surface area (Å²) in [6.45, 7) is 6.37. The van der Waals surface area contributed by atoms with Crippen LogP contribution in [0.2, 0.25) is 0 Å². The zero-order valence-electron chi connectivity index (χ0n) is 20.5. The van der Waals surface area contributed by atoms with Crippen LogP contribution in [0.4, 0.5) is 10.4 Å². The number of halogens is 1. The SMILES string of the molecule is CC(C)c1noc(N2CCC(COc3ccc(C4=CCC(C(=O)NCCO)CC4)cc3F)CC2)n1. The van der Waals surface area contributed by atoms with E-state index in [1.165, 1.54) is 6.07 Å². The number of piperidine rings is 1. The molecule has 2 aromatic rings. The summed E-state index contributed by atoms with van der Waals surface area (Å²) in [6.07, 6.45) is 5.90. The summed E-state index contributed by atoms with van der Waals surface area (Å²) in [5, 5.41) is 15.6. The molecular formula is C26H35FN4O4. The molecule has 1 atom stereocenters. The molecule has 1 aliphatic carbocycles. The molecule has 1 fully saturated rings. The third kappa shape index (κ3) is 6.39. The van der Waals surface area contributed by atoms with Crippen molar-refractivity contribution in [3.63, 3.8) is 0 Å². The maximum Gasteiger partial charge on any atom is 0.324 e. The van der Waals surface area contributed by atoms with Gasteiger partial charge in [-0.25, -0.2) is 4.39 Å². The molecule has 2 aliphatic rings. The molecule has 0 saturated carbocycles. The second-order valence-corrected chi connectivity index (χ2v) is 9.69. The number of nitrogens with one attached hydrogen (secondary N) is 1. The van der Waals surface area contributed by atoms with Crippen molar-refractivity contribution in [1.82, 2.24) is 15.5 Å². The molecule has 1 aromatic heterocycles. The molecule has 1 aliphatic heterocycles. The molecule has 0 spiro atoms. The smallest absolute Gasteiger partial charge is 0.324 e. The first-order valence-electron chi connectivity index (χ1n) is 12.5. The third-order valence-electron chi connectivity index (χ3n) is 6.80. The first-order valence-corrected chi connectivity index (χ1v) is 12.5. The predicted molar refractivity (Wildman–Crippen MR) is 131 cm³/mol. The van der Waals surface area contributed by atoms with Gasteiger partial charge in [0.05, 0.1) is 13.2 Å². The van der Waals surface area contributed by atoms with Crippen LogP contribution in [-0.4, -0.2) is 54.0 Å². The second-order valence-electron chi connectivity index (χ2n) is 9.69. The zero-order chi connectivity index (χ0) is 24.8. The van der Waals surface area contributed by atoms with Crippen molar-refractivity contribution in [2.24, 2.45) is 11.8 Å². The topological polar surface area (TPSA) is 101 Å². The molecule has 8 nitrogen and oxygen atoms in total. The Hall–Kier alpha value is -2.94. The summed E-state index contributed by atoms with van der Waals surface area (Å²) < 4.78 is 26.0. The molecular weight excluding hydrogens is 451 g/mol. The average Bonchev–Trinajstić information content (AvgIpc) is 3.38. The normalized spacial score (nSPS) is 19.1. The number of benzene rings is 1.